The van der Waals surface area contributed by atoms with Crippen LogP contribution >= 0.6 is 0 Å². The van der Waals surface area contributed by atoms with Crippen molar-refractivity contribution in [2.45, 2.75) is 51.2 Å². The minimum atomic E-state index is -0.292. The van der Waals surface area contributed by atoms with E-state index >= 15 is 0 Å². The van der Waals surface area contributed by atoms with Gasteiger partial charge < -0.3 is 9.84 Å². The molecule has 0 spiro atoms. The zero-order chi connectivity index (χ0) is 8.32. The first-order valence-electron chi connectivity index (χ1n) is 4.53. The molecule has 1 heterocycles. The molecule has 1 aliphatic heterocycles. The van der Waals surface area contributed by atoms with Gasteiger partial charge in [0.05, 0.1) is 12.7 Å². The largest absolute Gasteiger partial charge is 0.390 e. The van der Waals surface area contributed by atoms with Gasteiger partial charge in [0.1, 0.15) is 5.60 Å². The van der Waals surface area contributed by atoms with Gasteiger partial charge in [-0.2, -0.15) is 0 Å². The number of rotatable bonds is 5. The van der Waals surface area contributed by atoms with Crippen molar-refractivity contribution in [2.24, 2.45) is 0 Å². The molecule has 2 atom stereocenters. The van der Waals surface area contributed by atoms with Crippen LogP contribution in [0.4, 0.5) is 0 Å². The van der Waals surface area contributed by atoms with Crippen molar-refractivity contribution in [2.75, 3.05) is 6.61 Å². The Bertz CT molecular complexity index is 117. The average molecular weight is 158 g/mol. The minimum Gasteiger partial charge on any atom is -0.390 e. The third-order valence-corrected chi connectivity index (χ3v) is 2.48. The van der Waals surface area contributed by atoms with Gasteiger partial charge in [-0.3, -0.25) is 0 Å². The maximum Gasteiger partial charge on any atom is 0.117 e. The van der Waals surface area contributed by atoms with Gasteiger partial charge in [0.25, 0.3) is 0 Å². The highest BCUT2D eigenvalue weighted by Crippen LogP contribution is 2.36. The van der Waals surface area contributed by atoms with E-state index in [0.29, 0.717) is 0 Å². The predicted molar refractivity (Wildman–Crippen MR) is 44.5 cm³/mol. The smallest absolute Gasteiger partial charge is 0.117 e. The van der Waals surface area contributed by atoms with Crippen LogP contribution in [-0.4, -0.2) is 23.4 Å². The average Bonchev–Trinajstić information content (AvgIpc) is 2.70. The summed E-state index contributed by atoms with van der Waals surface area (Å²) < 4.78 is 5.25. The first-order chi connectivity index (χ1) is 5.21. The molecule has 1 rings (SSSR count). The zero-order valence-electron chi connectivity index (χ0n) is 7.47. The van der Waals surface area contributed by atoms with E-state index in [1.165, 1.54) is 19.3 Å². The first-order valence-corrected chi connectivity index (χ1v) is 4.53. The van der Waals surface area contributed by atoms with Gasteiger partial charge in [0.2, 0.25) is 0 Å². The maximum absolute atomic E-state index is 9.32. The molecule has 0 bridgehead atoms. The SMILES string of the molecule is CCCCC[C@]1([C@@H](C)O)CO1. The van der Waals surface area contributed by atoms with E-state index in [-0.39, 0.29) is 11.7 Å². The Kier molecular flexibility index (Phi) is 2.90. The number of hydrogen-bond acceptors (Lipinski definition) is 2. The number of unbranched alkanes of at least 4 members (excludes halogenated alkanes) is 2. The molecule has 0 aromatic heterocycles. The van der Waals surface area contributed by atoms with E-state index in [9.17, 15) is 5.11 Å². The highest BCUT2D eigenvalue weighted by Gasteiger charge is 2.48. The molecule has 0 aromatic carbocycles. The molecule has 0 unspecified atom stereocenters. The Morgan fingerprint density at radius 2 is 2.18 bits per heavy atom. The van der Waals surface area contributed by atoms with Crippen LogP contribution in [0.15, 0.2) is 0 Å². The number of aliphatic hydroxyl groups is 1. The maximum atomic E-state index is 9.32. The molecule has 66 valence electrons. The highest BCUT2D eigenvalue weighted by molar-refractivity contribution is 4.96. The topological polar surface area (TPSA) is 32.8 Å². The summed E-state index contributed by atoms with van der Waals surface area (Å²) in [5, 5.41) is 9.32. The Labute approximate surface area is 68.6 Å². The molecule has 0 saturated carbocycles. The van der Waals surface area contributed by atoms with Gasteiger partial charge in [0, 0.05) is 0 Å². The monoisotopic (exact) mass is 158 g/mol. The van der Waals surface area contributed by atoms with E-state index in [2.05, 4.69) is 6.92 Å². The molecule has 0 aliphatic carbocycles. The van der Waals surface area contributed by atoms with Crippen molar-refractivity contribution < 1.29 is 9.84 Å². The van der Waals surface area contributed by atoms with Gasteiger partial charge >= 0.3 is 0 Å². The normalized spacial score (nSPS) is 31.9. The summed E-state index contributed by atoms with van der Waals surface area (Å²) in [6.07, 6.45) is 4.40. The minimum absolute atomic E-state index is 0.144. The van der Waals surface area contributed by atoms with E-state index in [1.54, 1.807) is 0 Å². The van der Waals surface area contributed by atoms with Gasteiger partial charge in [-0.15, -0.1) is 0 Å². The van der Waals surface area contributed by atoms with Gasteiger partial charge in [-0.1, -0.05) is 26.2 Å². The number of hydrogen-bond donors (Lipinski definition) is 1. The van der Waals surface area contributed by atoms with Crippen LogP contribution in [0.3, 0.4) is 0 Å². The lowest BCUT2D eigenvalue weighted by molar-refractivity contribution is 0.0824. The van der Waals surface area contributed by atoms with Crippen molar-refractivity contribution in [3.63, 3.8) is 0 Å². The summed E-state index contributed by atoms with van der Waals surface area (Å²) in [6.45, 7) is 4.76. The second kappa shape index (κ2) is 3.55. The third-order valence-electron chi connectivity index (χ3n) is 2.48. The second-order valence-electron chi connectivity index (χ2n) is 3.49. The summed E-state index contributed by atoms with van der Waals surface area (Å²) in [5.74, 6) is 0. The van der Waals surface area contributed by atoms with Crippen molar-refractivity contribution >= 4 is 0 Å². The van der Waals surface area contributed by atoms with Crippen LogP contribution in [0.25, 0.3) is 0 Å². The van der Waals surface area contributed by atoms with E-state index in [0.717, 1.165) is 13.0 Å². The highest BCUT2D eigenvalue weighted by atomic mass is 16.6. The Morgan fingerprint density at radius 3 is 2.55 bits per heavy atom. The molecule has 2 heteroatoms. The van der Waals surface area contributed by atoms with Gasteiger partial charge in [0.15, 0.2) is 0 Å². The van der Waals surface area contributed by atoms with Crippen LogP contribution in [0.2, 0.25) is 0 Å². The van der Waals surface area contributed by atoms with Crippen molar-refractivity contribution in [1.29, 1.82) is 0 Å². The Balaban J connectivity index is 2.14. The van der Waals surface area contributed by atoms with Crippen LogP contribution in [-0.2, 0) is 4.74 Å². The van der Waals surface area contributed by atoms with Crippen LogP contribution < -0.4 is 0 Å². The molecule has 0 radical (unpaired) electrons. The lowest BCUT2D eigenvalue weighted by Gasteiger charge is -2.13. The summed E-state index contributed by atoms with van der Waals surface area (Å²) in [4.78, 5) is 0. The van der Waals surface area contributed by atoms with E-state index in [4.69, 9.17) is 4.74 Å². The number of ether oxygens (including phenoxy) is 1. The molecule has 0 aromatic rings. The lowest BCUT2D eigenvalue weighted by Crippen LogP contribution is -2.26. The van der Waals surface area contributed by atoms with Gasteiger partial charge in [-0.25, -0.2) is 0 Å². The summed E-state index contributed by atoms with van der Waals surface area (Å²) >= 11 is 0. The predicted octanol–water partition coefficient (Wildman–Crippen LogP) is 1.72. The van der Waals surface area contributed by atoms with Crippen LogP contribution in [0, 0.1) is 0 Å². The molecule has 1 saturated heterocycles. The fourth-order valence-electron chi connectivity index (χ4n) is 1.36. The van der Waals surface area contributed by atoms with E-state index in [1.807, 2.05) is 6.92 Å². The molecular weight excluding hydrogens is 140 g/mol. The molecule has 1 fully saturated rings. The molecule has 0 amide bonds. The Morgan fingerprint density at radius 1 is 1.55 bits per heavy atom. The molecular formula is C9H18O2. The summed E-state index contributed by atoms with van der Waals surface area (Å²) in [5.41, 5.74) is -0.144. The third kappa shape index (κ3) is 2.17. The molecule has 1 aliphatic rings. The van der Waals surface area contributed by atoms with Crippen LogP contribution in [0.1, 0.15) is 39.5 Å². The summed E-state index contributed by atoms with van der Waals surface area (Å²) in [6, 6.07) is 0. The molecule has 11 heavy (non-hydrogen) atoms. The van der Waals surface area contributed by atoms with E-state index < -0.39 is 0 Å². The fourth-order valence-corrected chi connectivity index (χ4v) is 1.36. The second-order valence-corrected chi connectivity index (χ2v) is 3.49. The summed E-state index contributed by atoms with van der Waals surface area (Å²) in [7, 11) is 0. The number of epoxide rings is 1. The fraction of sp³-hybridized carbons (Fsp3) is 1.00. The van der Waals surface area contributed by atoms with Crippen molar-refractivity contribution in [3.05, 3.63) is 0 Å². The molecule has 2 nitrogen and oxygen atoms in total. The van der Waals surface area contributed by atoms with Gasteiger partial charge in [-0.05, 0) is 13.3 Å². The van der Waals surface area contributed by atoms with Crippen LogP contribution in [0.5, 0.6) is 0 Å². The van der Waals surface area contributed by atoms with Crippen molar-refractivity contribution in [3.8, 4) is 0 Å². The first kappa shape index (κ1) is 9.01. The zero-order valence-corrected chi connectivity index (χ0v) is 7.47. The standard InChI is InChI=1S/C9H18O2/c1-3-4-5-6-9(7-11-9)8(2)10/h8,10H,3-7H2,1-2H3/t8-,9-/m1/s1. The quantitative estimate of drug-likeness (QED) is 0.488. The Hall–Kier alpha value is -0.0800. The van der Waals surface area contributed by atoms with Crippen molar-refractivity contribution in [1.82, 2.24) is 0 Å². The number of aliphatic hydroxyl groups excluding tert-OH is 1. The lowest BCUT2D eigenvalue weighted by atomic mass is 9.97. The molecule has 1 N–H and O–H groups in total.